The van der Waals surface area contributed by atoms with E-state index in [1.165, 1.54) is 58.3 Å². The van der Waals surface area contributed by atoms with E-state index in [9.17, 15) is 29.3 Å². The molecule has 2 aromatic rings. The minimum absolute atomic E-state index is 0.0253. The molecule has 1 aromatic heterocycles. The summed E-state index contributed by atoms with van der Waals surface area (Å²) in [7, 11) is 0. The molecular formula is C28H33N3O9S2. The Bertz CT molecular complexity index is 1290. The molecule has 2 unspecified atom stereocenters. The van der Waals surface area contributed by atoms with Crippen LogP contribution in [0, 0.1) is 10.1 Å². The van der Waals surface area contributed by atoms with Crippen molar-refractivity contribution in [1.82, 2.24) is 10.2 Å². The van der Waals surface area contributed by atoms with Crippen molar-refractivity contribution in [2.75, 3.05) is 19.0 Å². The summed E-state index contributed by atoms with van der Waals surface area (Å²) in [4.78, 5) is 62.7. The van der Waals surface area contributed by atoms with Gasteiger partial charge >= 0.3 is 12.1 Å². The minimum Gasteiger partial charge on any atom is -0.457 e. The highest BCUT2D eigenvalue weighted by atomic mass is 32.2. The molecule has 3 heterocycles. The maximum atomic E-state index is 13.0. The van der Waals surface area contributed by atoms with Crippen molar-refractivity contribution in [3.05, 3.63) is 80.7 Å². The largest absolute Gasteiger partial charge is 0.514 e. The number of nitro benzene ring substituents is 1. The van der Waals surface area contributed by atoms with Crippen LogP contribution in [-0.4, -0.2) is 64.1 Å². The maximum Gasteiger partial charge on any atom is 0.514 e. The number of non-ortho nitro benzene ring substituents is 1. The zero-order valence-corrected chi connectivity index (χ0v) is 25.3. The second-order valence-electron chi connectivity index (χ2n) is 7.94. The van der Waals surface area contributed by atoms with Crippen LogP contribution in [0.25, 0.3) is 0 Å². The molecule has 0 saturated carbocycles. The van der Waals surface area contributed by atoms with Crippen LogP contribution >= 0.6 is 23.1 Å². The number of β-lactam (4-membered cyclic amide) rings is 1. The van der Waals surface area contributed by atoms with Crippen LogP contribution in [0.15, 0.2) is 65.7 Å². The van der Waals surface area contributed by atoms with Gasteiger partial charge in [0.05, 0.1) is 11.3 Å². The molecule has 14 heteroatoms. The number of thioether (sulfide) groups is 1. The van der Waals surface area contributed by atoms with E-state index < -0.39 is 34.4 Å². The van der Waals surface area contributed by atoms with Gasteiger partial charge in [0.1, 0.15) is 36.1 Å². The molecule has 0 bridgehead atoms. The second-order valence-corrected chi connectivity index (χ2v) is 10.1. The topological polar surface area (TPSA) is 154 Å². The first-order chi connectivity index (χ1) is 20.3. The molecule has 12 nitrogen and oxygen atoms in total. The lowest BCUT2D eigenvalue weighted by atomic mass is 10.0. The number of hydrogen-bond acceptors (Lipinski definition) is 11. The van der Waals surface area contributed by atoms with E-state index in [0.29, 0.717) is 5.57 Å². The van der Waals surface area contributed by atoms with Gasteiger partial charge in [-0.25, -0.2) is 9.59 Å². The molecule has 4 rings (SSSR count). The van der Waals surface area contributed by atoms with Gasteiger partial charge in [-0.15, -0.1) is 23.1 Å². The highest BCUT2D eigenvalue weighted by Crippen LogP contribution is 2.40. The highest BCUT2D eigenvalue weighted by molar-refractivity contribution is 8.00. The third kappa shape index (κ3) is 8.66. The van der Waals surface area contributed by atoms with Crippen LogP contribution < -0.4 is 10.1 Å². The van der Waals surface area contributed by atoms with Crippen molar-refractivity contribution in [2.24, 2.45) is 0 Å². The third-order valence-corrected chi connectivity index (χ3v) is 7.63. The number of ether oxygens (including phenoxy) is 3. The summed E-state index contributed by atoms with van der Waals surface area (Å²) >= 11 is 2.73. The summed E-state index contributed by atoms with van der Waals surface area (Å²) in [6.45, 7) is 11.0. The predicted octanol–water partition coefficient (Wildman–Crippen LogP) is 4.85. The summed E-state index contributed by atoms with van der Waals surface area (Å²) in [6, 6.07) is 7.65. The molecule has 1 saturated heterocycles. The van der Waals surface area contributed by atoms with E-state index in [-0.39, 0.29) is 48.4 Å². The van der Waals surface area contributed by atoms with Crippen molar-refractivity contribution in [2.45, 2.75) is 45.5 Å². The average molecular weight is 620 g/mol. The fourth-order valence-corrected chi connectivity index (χ4v) is 5.72. The van der Waals surface area contributed by atoms with Gasteiger partial charge in [0.25, 0.3) is 11.6 Å². The Labute approximate surface area is 251 Å². The molecule has 2 atom stereocenters. The molecule has 1 N–H and O–H groups in total. The molecule has 226 valence electrons. The number of carbonyl (C=O) groups is 4. The quantitative estimate of drug-likeness (QED) is 0.0975. The molecule has 2 aliphatic rings. The van der Waals surface area contributed by atoms with Crippen molar-refractivity contribution in [1.29, 1.82) is 0 Å². The van der Waals surface area contributed by atoms with E-state index in [1.807, 2.05) is 45.2 Å². The van der Waals surface area contributed by atoms with Crippen LogP contribution in [0.2, 0.25) is 0 Å². The highest BCUT2D eigenvalue weighted by Gasteiger charge is 2.54. The fraction of sp³-hybridized carbons (Fsp3) is 0.357. The number of thiophene rings is 1. The summed E-state index contributed by atoms with van der Waals surface area (Å²) in [5, 5.41) is 14.8. The van der Waals surface area contributed by atoms with E-state index in [2.05, 4.69) is 11.9 Å². The van der Waals surface area contributed by atoms with Gasteiger partial charge in [-0.05, 0) is 23.6 Å². The predicted molar refractivity (Wildman–Crippen MR) is 159 cm³/mol. The van der Waals surface area contributed by atoms with Gasteiger partial charge in [-0.3, -0.25) is 24.6 Å². The Morgan fingerprint density at radius 1 is 1.14 bits per heavy atom. The number of fused-ring (bicyclic) bond motifs is 1. The number of hydrogen-bond donors (Lipinski definition) is 1. The number of nitrogens with one attached hydrogen (secondary N) is 1. The van der Waals surface area contributed by atoms with Crippen LogP contribution in [0.3, 0.4) is 0 Å². The van der Waals surface area contributed by atoms with Crippen LogP contribution in [-0.2, 0) is 30.3 Å². The van der Waals surface area contributed by atoms with Crippen LogP contribution in [0.5, 0.6) is 5.75 Å². The Balaban J connectivity index is 0.00000148. The lowest BCUT2D eigenvalue weighted by Crippen LogP contribution is -2.70. The molecular weight excluding hydrogens is 586 g/mol. The molecule has 2 amide bonds. The average Bonchev–Trinajstić information content (AvgIpc) is 3.52. The Hall–Kier alpha value is -4.17. The number of amides is 2. The number of benzene rings is 1. The summed E-state index contributed by atoms with van der Waals surface area (Å²) in [6.07, 6.45) is 0.404. The number of nitro groups is 1. The second kappa shape index (κ2) is 16.9. The molecule has 42 heavy (non-hydrogen) atoms. The third-order valence-electron chi connectivity index (χ3n) is 5.42. The monoisotopic (exact) mass is 619 g/mol. The maximum absolute atomic E-state index is 13.0. The molecule has 1 aromatic carbocycles. The lowest BCUT2D eigenvalue weighted by molar-refractivity contribution is -0.384. The molecule has 0 radical (unpaired) electrons. The normalized spacial score (nSPS) is 16.7. The van der Waals surface area contributed by atoms with E-state index in [4.69, 9.17) is 14.2 Å². The minimum atomic E-state index is -1.11. The first-order valence-corrected chi connectivity index (χ1v) is 15.1. The van der Waals surface area contributed by atoms with Crippen molar-refractivity contribution >= 4 is 52.7 Å². The summed E-state index contributed by atoms with van der Waals surface area (Å²) in [5.74, 6) is -1.35. The number of nitrogens with zero attached hydrogens (tertiary/aromatic N) is 2. The first kappa shape index (κ1) is 34.0. The standard InChI is InChI=1S/C24H21N3O9S2.2C2H6/c1-2-9-34-23(30)20-14(12-35-24(31)36-16-7-5-15(6-8-16)27(32)33)13-38-22-19(21(29)26(20)22)25-18(28)11-17-4-3-10-37-17;2*1-2/h2-8,10,19,22H,1,9,11-13H2,(H,25,28);2*1-2H3. The number of rotatable bonds is 10. The van der Waals surface area contributed by atoms with Crippen molar-refractivity contribution in [3.8, 4) is 5.75 Å². The van der Waals surface area contributed by atoms with Gasteiger partial charge in [-0.1, -0.05) is 46.4 Å². The number of esters is 1. The van der Waals surface area contributed by atoms with E-state index in [0.717, 1.165) is 4.88 Å². The van der Waals surface area contributed by atoms with Gasteiger partial charge in [0, 0.05) is 28.3 Å². The van der Waals surface area contributed by atoms with Crippen molar-refractivity contribution < 1.29 is 38.3 Å². The first-order valence-electron chi connectivity index (χ1n) is 13.1. The zero-order valence-electron chi connectivity index (χ0n) is 23.7. The van der Waals surface area contributed by atoms with Gasteiger partial charge in [0.2, 0.25) is 5.91 Å². The molecule has 0 aliphatic carbocycles. The Kier molecular flexibility index (Phi) is 13.7. The van der Waals surface area contributed by atoms with Gasteiger partial charge < -0.3 is 19.5 Å². The fourth-order valence-electron chi connectivity index (χ4n) is 3.69. The Morgan fingerprint density at radius 2 is 1.83 bits per heavy atom. The summed E-state index contributed by atoms with van der Waals surface area (Å²) in [5.41, 5.74) is 0.0812. The SMILES string of the molecule is C=CCOC(=O)C1=C(COC(=O)Oc2ccc([N+](=O)[O-])cc2)CSC2C(NC(=O)Cc3cccs3)C(=O)N12.CC.CC. The lowest BCUT2D eigenvalue weighted by Gasteiger charge is -2.49. The number of carbonyl (C=O) groups excluding carboxylic acids is 4. The van der Waals surface area contributed by atoms with Crippen LogP contribution in [0.1, 0.15) is 32.6 Å². The van der Waals surface area contributed by atoms with E-state index in [1.54, 1.807) is 0 Å². The van der Waals surface area contributed by atoms with E-state index >= 15 is 0 Å². The molecule has 2 aliphatic heterocycles. The zero-order chi connectivity index (χ0) is 31.2. The summed E-state index contributed by atoms with van der Waals surface area (Å²) < 4.78 is 15.3. The van der Waals surface area contributed by atoms with Crippen LogP contribution in [0.4, 0.5) is 10.5 Å². The van der Waals surface area contributed by atoms with Gasteiger partial charge in [-0.2, -0.15) is 0 Å². The van der Waals surface area contributed by atoms with Gasteiger partial charge in [0.15, 0.2) is 0 Å². The van der Waals surface area contributed by atoms with Crippen molar-refractivity contribution in [3.63, 3.8) is 0 Å². The smallest absolute Gasteiger partial charge is 0.457 e. The molecule has 1 fully saturated rings. The molecule has 0 spiro atoms. The Morgan fingerprint density at radius 3 is 2.43 bits per heavy atom.